The third-order valence-electron chi connectivity index (χ3n) is 6.34. The molecule has 10 heteroatoms. The van der Waals surface area contributed by atoms with Gasteiger partial charge in [0.05, 0.1) is 0 Å². The van der Waals surface area contributed by atoms with Crippen molar-refractivity contribution in [3.05, 3.63) is 64.2 Å². The highest BCUT2D eigenvalue weighted by atomic mass is 35.5. The van der Waals surface area contributed by atoms with Crippen molar-refractivity contribution in [1.82, 2.24) is 5.32 Å². The number of halogens is 1. The van der Waals surface area contributed by atoms with Crippen molar-refractivity contribution in [3.8, 4) is 0 Å². The van der Waals surface area contributed by atoms with E-state index in [4.69, 9.17) is 26.2 Å². The van der Waals surface area contributed by atoms with Crippen LogP contribution in [0.4, 0.5) is 5.69 Å². The Balaban J connectivity index is 1.77. The molecule has 0 radical (unpaired) electrons. The number of carboxylic acids is 2. The van der Waals surface area contributed by atoms with Crippen molar-refractivity contribution >= 4 is 35.1 Å². The number of carboxylic acid groups (broad SMARTS) is 2. The SMILES string of the molecule is Cc1ccc(CCCCCCNC(=O)C(OCCCCNc2ccc(C)c(Cl)c2)C(OCC(=O)O)C(=O)O)cc1. The Kier molecular flexibility index (Phi) is 15.1. The number of carbonyl (C=O) groups excluding carboxylic acids is 1. The molecule has 2 aromatic carbocycles. The van der Waals surface area contributed by atoms with Crippen LogP contribution in [0.5, 0.6) is 0 Å². The molecule has 0 aliphatic carbocycles. The first-order valence-corrected chi connectivity index (χ1v) is 14.1. The molecule has 1 amide bonds. The van der Waals surface area contributed by atoms with E-state index in [1.54, 1.807) is 0 Å². The molecule has 4 N–H and O–H groups in total. The smallest absolute Gasteiger partial charge is 0.336 e. The molecule has 0 bridgehead atoms. The molecule has 220 valence electrons. The van der Waals surface area contributed by atoms with Gasteiger partial charge in [0.1, 0.15) is 6.61 Å². The summed E-state index contributed by atoms with van der Waals surface area (Å²) >= 11 is 6.14. The minimum atomic E-state index is -1.74. The van der Waals surface area contributed by atoms with Crippen LogP contribution in [0.15, 0.2) is 42.5 Å². The largest absolute Gasteiger partial charge is 0.480 e. The van der Waals surface area contributed by atoms with Gasteiger partial charge in [0.15, 0.2) is 12.2 Å². The van der Waals surface area contributed by atoms with Crippen LogP contribution in [0.2, 0.25) is 5.02 Å². The van der Waals surface area contributed by atoms with Gasteiger partial charge in [-0.1, -0.05) is 60.3 Å². The third kappa shape index (κ3) is 12.8. The molecule has 0 aromatic heterocycles. The zero-order valence-electron chi connectivity index (χ0n) is 23.3. The van der Waals surface area contributed by atoms with Gasteiger partial charge in [0.25, 0.3) is 5.91 Å². The molecule has 9 nitrogen and oxygen atoms in total. The number of ether oxygens (including phenoxy) is 2. The molecule has 0 saturated heterocycles. The van der Waals surface area contributed by atoms with E-state index in [9.17, 15) is 19.5 Å². The molecule has 2 unspecified atom stereocenters. The van der Waals surface area contributed by atoms with Gasteiger partial charge < -0.3 is 30.3 Å². The number of hydrogen-bond acceptors (Lipinski definition) is 6. The van der Waals surface area contributed by atoms with Gasteiger partial charge in [-0.2, -0.15) is 0 Å². The number of rotatable bonds is 20. The number of nitrogens with one attached hydrogen (secondary N) is 2. The van der Waals surface area contributed by atoms with Crippen LogP contribution in [0.1, 0.15) is 55.2 Å². The summed E-state index contributed by atoms with van der Waals surface area (Å²) in [6, 6.07) is 14.2. The van der Waals surface area contributed by atoms with Gasteiger partial charge in [0, 0.05) is 30.4 Å². The van der Waals surface area contributed by atoms with E-state index in [-0.39, 0.29) is 6.61 Å². The van der Waals surface area contributed by atoms with E-state index >= 15 is 0 Å². The van der Waals surface area contributed by atoms with Gasteiger partial charge in [-0.15, -0.1) is 0 Å². The maximum atomic E-state index is 12.8. The molecule has 0 heterocycles. The van der Waals surface area contributed by atoms with Crippen LogP contribution in [-0.2, 0) is 30.3 Å². The van der Waals surface area contributed by atoms with E-state index < -0.39 is 36.7 Å². The number of benzene rings is 2. The number of unbranched alkanes of at least 4 members (excludes halogenated alkanes) is 4. The molecule has 2 rings (SSSR count). The van der Waals surface area contributed by atoms with E-state index in [0.29, 0.717) is 31.0 Å². The van der Waals surface area contributed by atoms with Crippen molar-refractivity contribution in [2.75, 3.05) is 31.6 Å². The van der Waals surface area contributed by atoms with E-state index in [0.717, 1.165) is 43.4 Å². The second-order valence-corrected chi connectivity index (χ2v) is 10.2. The van der Waals surface area contributed by atoms with Crippen LogP contribution in [0, 0.1) is 13.8 Å². The lowest BCUT2D eigenvalue weighted by atomic mass is 10.0. The number of hydrogen-bond donors (Lipinski definition) is 4. The molecule has 40 heavy (non-hydrogen) atoms. The first-order valence-electron chi connectivity index (χ1n) is 13.7. The van der Waals surface area contributed by atoms with Gasteiger partial charge in [-0.3, -0.25) is 4.79 Å². The fourth-order valence-electron chi connectivity index (χ4n) is 4.00. The fraction of sp³-hybridized carbons (Fsp3) is 0.500. The van der Waals surface area contributed by atoms with Crippen LogP contribution in [0.25, 0.3) is 0 Å². The summed E-state index contributed by atoms with van der Waals surface area (Å²) in [7, 11) is 0. The predicted octanol–water partition coefficient (Wildman–Crippen LogP) is 5.01. The Morgan fingerprint density at radius 1 is 0.850 bits per heavy atom. The Morgan fingerprint density at radius 2 is 1.55 bits per heavy atom. The molecule has 0 aliphatic rings. The maximum Gasteiger partial charge on any atom is 0.336 e. The second-order valence-electron chi connectivity index (χ2n) is 9.79. The molecule has 0 fully saturated rings. The number of aryl methyl sites for hydroxylation is 3. The summed E-state index contributed by atoms with van der Waals surface area (Å²) in [5.74, 6) is -3.43. The molecular weight excluding hydrogens is 536 g/mol. The van der Waals surface area contributed by atoms with Gasteiger partial charge >= 0.3 is 11.9 Å². The number of aliphatic carboxylic acids is 2. The first-order chi connectivity index (χ1) is 19.2. The summed E-state index contributed by atoms with van der Waals surface area (Å²) < 4.78 is 10.6. The Morgan fingerprint density at radius 3 is 2.23 bits per heavy atom. The number of amides is 1. The quantitative estimate of drug-likeness (QED) is 0.162. The first kappa shape index (κ1) is 33.1. The van der Waals surface area contributed by atoms with Crippen LogP contribution in [0.3, 0.4) is 0 Å². The average Bonchev–Trinajstić information content (AvgIpc) is 2.91. The topological polar surface area (TPSA) is 134 Å². The molecule has 0 spiro atoms. The number of anilines is 1. The Hall–Kier alpha value is -3.14. The normalized spacial score (nSPS) is 12.5. The second kappa shape index (κ2) is 18.3. The van der Waals surface area contributed by atoms with Gasteiger partial charge in [-0.25, -0.2) is 9.59 Å². The maximum absolute atomic E-state index is 12.8. The van der Waals surface area contributed by atoms with Crippen molar-refractivity contribution < 1.29 is 34.1 Å². The summed E-state index contributed by atoms with van der Waals surface area (Å²) in [5.41, 5.74) is 4.41. The van der Waals surface area contributed by atoms with E-state index in [1.165, 1.54) is 11.1 Å². The zero-order valence-corrected chi connectivity index (χ0v) is 24.0. The monoisotopic (exact) mass is 576 g/mol. The average molecular weight is 577 g/mol. The lowest BCUT2D eigenvalue weighted by molar-refractivity contribution is -0.172. The van der Waals surface area contributed by atoms with Crippen LogP contribution in [-0.4, -0.2) is 66.6 Å². The summed E-state index contributed by atoms with van der Waals surface area (Å²) in [4.78, 5) is 35.6. The van der Waals surface area contributed by atoms with Gasteiger partial charge in [0.2, 0.25) is 0 Å². The van der Waals surface area contributed by atoms with Gasteiger partial charge in [-0.05, 0) is 69.2 Å². The summed E-state index contributed by atoms with van der Waals surface area (Å²) in [5, 5.41) is 25.2. The minimum Gasteiger partial charge on any atom is -0.480 e. The fourth-order valence-corrected chi connectivity index (χ4v) is 4.18. The Bertz CT molecular complexity index is 1080. The Labute approximate surface area is 241 Å². The molecular formula is C30H41ClN2O7. The molecule has 0 saturated carbocycles. The predicted molar refractivity (Wildman–Crippen MR) is 155 cm³/mol. The van der Waals surface area contributed by atoms with Crippen molar-refractivity contribution in [2.24, 2.45) is 0 Å². The van der Waals surface area contributed by atoms with E-state index in [1.807, 2.05) is 25.1 Å². The van der Waals surface area contributed by atoms with Crippen molar-refractivity contribution in [3.63, 3.8) is 0 Å². The molecule has 2 atom stereocenters. The minimum absolute atomic E-state index is 0.105. The van der Waals surface area contributed by atoms with Crippen LogP contribution < -0.4 is 10.6 Å². The van der Waals surface area contributed by atoms with E-state index in [2.05, 4.69) is 41.8 Å². The zero-order chi connectivity index (χ0) is 29.3. The van der Waals surface area contributed by atoms with Crippen LogP contribution >= 0.6 is 11.6 Å². The number of carbonyl (C=O) groups is 3. The highest BCUT2D eigenvalue weighted by Gasteiger charge is 2.36. The van der Waals surface area contributed by atoms with Crippen molar-refractivity contribution in [1.29, 1.82) is 0 Å². The summed E-state index contributed by atoms with van der Waals surface area (Å²) in [6.07, 6.45) is 2.71. The lowest BCUT2D eigenvalue weighted by Crippen LogP contribution is -2.49. The standard InChI is InChI=1S/C30H41ClN2O7/c1-21-10-13-23(14-11-21)9-5-3-4-6-17-33-29(36)27(28(30(37)38)40-20-26(34)35)39-18-8-7-16-32-24-15-12-22(2)25(31)19-24/h10-15,19,27-28,32H,3-9,16-18,20H2,1-2H3,(H,33,36)(H,34,35)(H,37,38). The van der Waals surface area contributed by atoms with Crippen molar-refractivity contribution in [2.45, 2.75) is 71.0 Å². The lowest BCUT2D eigenvalue weighted by Gasteiger charge is -2.23. The highest BCUT2D eigenvalue weighted by molar-refractivity contribution is 6.31. The third-order valence-corrected chi connectivity index (χ3v) is 6.75. The summed E-state index contributed by atoms with van der Waals surface area (Å²) in [6.45, 7) is 4.22. The highest BCUT2D eigenvalue weighted by Crippen LogP contribution is 2.20. The molecule has 2 aromatic rings. The molecule has 0 aliphatic heterocycles.